The maximum absolute atomic E-state index is 12.7. The summed E-state index contributed by atoms with van der Waals surface area (Å²) in [5, 5.41) is 4.23. The van der Waals surface area contributed by atoms with Crippen LogP contribution in [0.4, 0.5) is 0 Å². The van der Waals surface area contributed by atoms with E-state index in [1.54, 1.807) is 10.9 Å². The Kier molecular flexibility index (Phi) is 6.69. The van der Waals surface area contributed by atoms with Crippen molar-refractivity contribution in [1.82, 2.24) is 14.7 Å². The van der Waals surface area contributed by atoms with Crippen molar-refractivity contribution < 1.29 is 9.53 Å². The van der Waals surface area contributed by atoms with E-state index in [9.17, 15) is 4.79 Å². The number of rotatable bonds is 2. The van der Waals surface area contributed by atoms with Crippen molar-refractivity contribution in [2.75, 3.05) is 19.7 Å². The topological polar surface area (TPSA) is 47.4 Å². The van der Waals surface area contributed by atoms with E-state index in [1.807, 2.05) is 30.2 Å². The van der Waals surface area contributed by atoms with Gasteiger partial charge in [0.2, 0.25) is 5.91 Å². The predicted molar refractivity (Wildman–Crippen MR) is 102 cm³/mol. The Hall–Kier alpha value is -2.30. The molecule has 0 bridgehead atoms. The van der Waals surface area contributed by atoms with Crippen molar-refractivity contribution in [3.8, 4) is 5.75 Å². The largest absolute Gasteiger partial charge is 0.491 e. The number of carbonyl (C=O) groups is 1. The van der Waals surface area contributed by atoms with Gasteiger partial charge in [0, 0.05) is 12.7 Å². The number of ether oxygens (including phenoxy) is 1. The summed E-state index contributed by atoms with van der Waals surface area (Å²) in [4.78, 5) is 14.6. The number of fused-ring (bicyclic) bond motifs is 1. The second kappa shape index (κ2) is 9.41. The van der Waals surface area contributed by atoms with Gasteiger partial charge in [-0.1, -0.05) is 37.5 Å². The van der Waals surface area contributed by atoms with Crippen molar-refractivity contribution >= 4 is 5.91 Å². The molecule has 2 aromatic rings. The minimum Gasteiger partial charge on any atom is -0.491 e. The highest BCUT2D eigenvalue weighted by Gasteiger charge is 2.15. The highest BCUT2D eigenvalue weighted by Crippen LogP contribution is 2.21. The molecule has 0 saturated heterocycles. The van der Waals surface area contributed by atoms with Gasteiger partial charge < -0.3 is 9.64 Å². The van der Waals surface area contributed by atoms with Gasteiger partial charge in [0.25, 0.3) is 0 Å². The van der Waals surface area contributed by atoms with Crippen LogP contribution in [0.1, 0.15) is 43.2 Å². The average molecular weight is 355 g/mol. The Balaban J connectivity index is 1.64. The highest BCUT2D eigenvalue weighted by atomic mass is 16.5. The van der Waals surface area contributed by atoms with E-state index in [0.717, 1.165) is 30.7 Å². The van der Waals surface area contributed by atoms with Gasteiger partial charge in [0.05, 0.1) is 12.7 Å². The molecule has 1 aromatic heterocycles. The van der Waals surface area contributed by atoms with Crippen molar-refractivity contribution in [2.45, 2.75) is 52.0 Å². The van der Waals surface area contributed by atoms with Gasteiger partial charge >= 0.3 is 0 Å². The van der Waals surface area contributed by atoms with E-state index >= 15 is 0 Å². The van der Waals surface area contributed by atoms with Gasteiger partial charge in [0.1, 0.15) is 18.9 Å². The molecular formula is C21H29N3O2. The van der Waals surface area contributed by atoms with Crippen molar-refractivity contribution in [3.05, 3.63) is 47.8 Å². The summed E-state index contributed by atoms with van der Waals surface area (Å²) in [5.74, 6) is 1.07. The second-order valence-electron chi connectivity index (χ2n) is 7.07. The van der Waals surface area contributed by atoms with Gasteiger partial charge in [0.15, 0.2) is 0 Å². The molecule has 0 aliphatic carbocycles. The summed E-state index contributed by atoms with van der Waals surface area (Å²) in [5.41, 5.74) is 2.35. The lowest BCUT2D eigenvalue weighted by atomic mass is 10.0. The summed E-state index contributed by atoms with van der Waals surface area (Å²) in [7, 11) is 0. The number of aromatic nitrogens is 2. The standard InChI is InChI=1S/C21H29N3O2/c1-18-15-22-24(16-18)17-21(25)23-12-8-4-2-3-5-9-19-10-6-7-11-20(19)26-14-13-23/h6-7,10-11,15-16H,2-5,8-9,12-14,17H2,1H3. The number of amides is 1. The van der Waals surface area contributed by atoms with Gasteiger partial charge in [-0.15, -0.1) is 0 Å². The Morgan fingerprint density at radius 1 is 1.12 bits per heavy atom. The zero-order chi connectivity index (χ0) is 18.2. The number of carbonyl (C=O) groups excluding carboxylic acids is 1. The molecule has 0 atom stereocenters. The summed E-state index contributed by atoms with van der Waals surface area (Å²) in [6, 6.07) is 8.27. The van der Waals surface area contributed by atoms with Crippen LogP contribution in [0.25, 0.3) is 0 Å². The van der Waals surface area contributed by atoms with E-state index in [1.165, 1.54) is 31.2 Å². The van der Waals surface area contributed by atoms with Crippen LogP contribution in [0.15, 0.2) is 36.7 Å². The first-order valence-corrected chi connectivity index (χ1v) is 9.70. The number of hydrogen-bond acceptors (Lipinski definition) is 3. The normalized spacial score (nSPS) is 16.6. The van der Waals surface area contributed by atoms with Gasteiger partial charge in [-0.05, 0) is 43.4 Å². The van der Waals surface area contributed by atoms with Crippen molar-refractivity contribution in [2.24, 2.45) is 0 Å². The van der Waals surface area contributed by atoms with Gasteiger partial charge in [-0.2, -0.15) is 5.10 Å². The molecule has 140 valence electrons. The van der Waals surface area contributed by atoms with Gasteiger partial charge in [-0.25, -0.2) is 0 Å². The lowest BCUT2D eigenvalue weighted by Gasteiger charge is -2.23. The molecule has 0 saturated carbocycles. The summed E-state index contributed by atoms with van der Waals surface area (Å²) >= 11 is 0. The molecular weight excluding hydrogens is 326 g/mol. The monoisotopic (exact) mass is 355 g/mol. The van der Waals surface area contributed by atoms with E-state index in [4.69, 9.17) is 4.74 Å². The molecule has 1 amide bonds. The Morgan fingerprint density at radius 3 is 2.77 bits per heavy atom. The zero-order valence-electron chi connectivity index (χ0n) is 15.7. The second-order valence-corrected chi connectivity index (χ2v) is 7.07. The Bertz CT molecular complexity index is 711. The van der Waals surface area contributed by atoms with Crippen LogP contribution in [-0.4, -0.2) is 40.3 Å². The van der Waals surface area contributed by atoms with Crippen LogP contribution >= 0.6 is 0 Å². The van der Waals surface area contributed by atoms with E-state index in [0.29, 0.717) is 19.7 Å². The fraction of sp³-hybridized carbons (Fsp3) is 0.524. The third kappa shape index (κ3) is 5.35. The number of benzene rings is 1. The molecule has 26 heavy (non-hydrogen) atoms. The molecule has 0 unspecified atom stereocenters. The SMILES string of the molecule is Cc1cnn(CC(=O)N2CCCCCCCc3ccccc3OCC2)c1. The number of hydrogen-bond donors (Lipinski definition) is 0. The quantitative estimate of drug-likeness (QED) is 0.827. The highest BCUT2D eigenvalue weighted by molar-refractivity contribution is 5.75. The fourth-order valence-electron chi connectivity index (χ4n) is 3.42. The van der Waals surface area contributed by atoms with Crippen molar-refractivity contribution in [3.63, 3.8) is 0 Å². The molecule has 0 spiro atoms. The van der Waals surface area contributed by atoms with Crippen LogP contribution < -0.4 is 4.74 Å². The molecule has 5 nitrogen and oxygen atoms in total. The third-order valence-corrected chi connectivity index (χ3v) is 4.88. The third-order valence-electron chi connectivity index (χ3n) is 4.88. The molecule has 1 aliphatic heterocycles. The van der Waals surface area contributed by atoms with Crippen molar-refractivity contribution in [1.29, 1.82) is 0 Å². The maximum atomic E-state index is 12.7. The minimum absolute atomic E-state index is 0.111. The summed E-state index contributed by atoms with van der Waals surface area (Å²) in [6.45, 7) is 4.22. The van der Waals surface area contributed by atoms with Crippen LogP contribution in [0.5, 0.6) is 5.75 Å². The Morgan fingerprint density at radius 2 is 1.92 bits per heavy atom. The first kappa shape index (κ1) is 18.5. The van der Waals surface area contributed by atoms with Crippen LogP contribution in [0.2, 0.25) is 0 Å². The zero-order valence-corrected chi connectivity index (χ0v) is 15.7. The smallest absolute Gasteiger partial charge is 0.244 e. The average Bonchev–Trinajstić information content (AvgIpc) is 3.05. The summed E-state index contributed by atoms with van der Waals surface area (Å²) < 4.78 is 7.74. The molecule has 3 rings (SSSR count). The molecule has 0 fully saturated rings. The first-order chi connectivity index (χ1) is 12.7. The lowest BCUT2D eigenvalue weighted by molar-refractivity contribution is -0.132. The predicted octanol–water partition coefficient (Wildman–Crippen LogP) is 3.61. The molecule has 1 aromatic carbocycles. The molecule has 1 aliphatic rings. The van der Waals surface area contributed by atoms with E-state index in [2.05, 4.69) is 17.2 Å². The van der Waals surface area contributed by atoms with Crippen LogP contribution in [0, 0.1) is 6.92 Å². The minimum atomic E-state index is 0.111. The van der Waals surface area contributed by atoms with E-state index in [-0.39, 0.29) is 5.91 Å². The lowest BCUT2D eigenvalue weighted by Crippen LogP contribution is -2.37. The number of aryl methyl sites for hydroxylation is 2. The molecule has 0 radical (unpaired) electrons. The number of nitrogens with zero attached hydrogens (tertiary/aromatic N) is 3. The van der Waals surface area contributed by atoms with Gasteiger partial charge in [-0.3, -0.25) is 9.48 Å². The molecule has 0 N–H and O–H groups in total. The van der Waals surface area contributed by atoms with Crippen LogP contribution in [0.3, 0.4) is 0 Å². The molecule has 2 heterocycles. The number of para-hydroxylation sites is 1. The first-order valence-electron chi connectivity index (χ1n) is 9.70. The molecule has 5 heteroatoms. The maximum Gasteiger partial charge on any atom is 0.244 e. The summed E-state index contributed by atoms with van der Waals surface area (Å²) in [6.07, 6.45) is 10.6. The Labute approximate surface area is 156 Å². The fourth-order valence-corrected chi connectivity index (χ4v) is 3.42. The van der Waals surface area contributed by atoms with E-state index < -0.39 is 0 Å². The van der Waals surface area contributed by atoms with Crippen LogP contribution in [-0.2, 0) is 17.8 Å².